The first-order valence-corrected chi connectivity index (χ1v) is 4.88. The van der Waals surface area contributed by atoms with E-state index in [1.165, 1.54) is 10.8 Å². The first-order chi connectivity index (χ1) is 4.31. The van der Waals surface area contributed by atoms with Crippen LogP contribution in [0.25, 0.3) is 0 Å². The minimum atomic E-state index is -0.326. The lowest BCUT2D eigenvalue weighted by Crippen LogP contribution is -1.84. The fraction of sp³-hybridized carbons (Fsp3) is 0.600. The Labute approximate surface area is 63.1 Å². The molecule has 0 fully saturated rings. The summed E-state index contributed by atoms with van der Waals surface area (Å²) in [6.45, 7) is 2.06. The van der Waals surface area contributed by atoms with Crippen LogP contribution in [0.5, 0.6) is 0 Å². The van der Waals surface area contributed by atoms with Crippen LogP contribution in [-0.2, 0) is 4.74 Å². The number of hydrogen-bond acceptors (Lipinski definition) is 4. The lowest BCUT2D eigenvalue weighted by Gasteiger charge is -1.94. The van der Waals surface area contributed by atoms with E-state index in [4.69, 9.17) is 0 Å². The molecule has 53 valence electrons. The van der Waals surface area contributed by atoms with Crippen molar-refractivity contribution in [2.24, 2.45) is 0 Å². The number of carbonyl (C=O) groups is 1. The molecule has 0 spiro atoms. The highest BCUT2D eigenvalue weighted by atomic mass is 33.1. The van der Waals surface area contributed by atoms with Gasteiger partial charge < -0.3 is 4.74 Å². The lowest BCUT2D eigenvalue weighted by molar-refractivity contribution is 0.212. The molecule has 0 heterocycles. The van der Waals surface area contributed by atoms with E-state index in [0.29, 0.717) is 0 Å². The number of ether oxygens (including phenoxy) is 1. The molecule has 0 aliphatic heterocycles. The van der Waals surface area contributed by atoms with Crippen molar-refractivity contribution >= 4 is 26.9 Å². The van der Waals surface area contributed by atoms with Gasteiger partial charge in [0.15, 0.2) is 0 Å². The molecule has 0 rings (SSSR count). The molecule has 9 heavy (non-hydrogen) atoms. The Hall–Kier alpha value is 0.170. The van der Waals surface area contributed by atoms with E-state index in [2.05, 4.69) is 18.8 Å². The van der Waals surface area contributed by atoms with Crippen LogP contribution < -0.4 is 0 Å². The summed E-state index contributed by atoms with van der Waals surface area (Å²) < 4.78 is 4.15. The van der Waals surface area contributed by atoms with Gasteiger partial charge in [-0.1, -0.05) is 17.7 Å². The van der Waals surface area contributed by atoms with E-state index in [1.807, 2.05) is 0 Å². The molecule has 0 aromatic heterocycles. The maximum Gasteiger partial charge on any atom is 0.378 e. The van der Waals surface area contributed by atoms with E-state index in [-0.39, 0.29) is 5.30 Å². The maximum absolute atomic E-state index is 10.3. The lowest BCUT2D eigenvalue weighted by atomic mass is 10.6. The normalized spacial score (nSPS) is 9.11. The maximum atomic E-state index is 10.3. The highest BCUT2D eigenvalue weighted by molar-refractivity contribution is 8.82. The van der Waals surface area contributed by atoms with Crippen molar-refractivity contribution in [2.45, 2.75) is 13.3 Å². The number of hydrogen-bond donors (Lipinski definition) is 0. The summed E-state index contributed by atoms with van der Waals surface area (Å²) >= 11 is 0. The van der Waals surface area contributed by atoms with Gasteiger partial charge in [0.1, 0.15) is 7.11 Å². The first kappa shape index (κ1) is 9.17. The average Bonchev–Trinajstić information content (AvgIpc) is 1.89. The largest absolute Gasteiger partial charge is 0.453 e. The molecule has 1 radical (unpaired) electrons. The Kier molecular flexibility index (Phi) is 6.41. The predicted octanol–water partition coefficient (Wildman–Crippen LogP) is 2.71. The van der Waals surface area contributed by atoms with Crippen LogP contribution in [-0.4, -0.2) is 11.1 Å². The minimum Gasteiger partial charge on any atom is -0.453 e. The van der Waals surface area contributed by atoms with E-state index < -0.39 is 0 Å². The van der Waals surface area contributed by atoms with Crippen molar-refractivity contribution in [3.8, 4) is 0 Å². The van der Waals surface area contributed by atoms with Gasteiger partial charge in [0, 0.05) is 16.5 Å². The Morgan fingerprint density at radius 2 is 2.44 bits per heavy atom. The van der Waals surface area contributed by atoms with Crippen molar-refractivity contribution < 1.29 is 9.53 Å². The summed E-state index contributed by atoms with van der Waals surface area (Å²) in [5.74, 6) is 0.972. The fourth-order valence-corrected chi connectivity index (χ4v) is 1.77. The first-order valence-electron chi connectivity index (χ1n) is 2.56. The monoisotopic (exact) mass is 165 g/mol. The molecule has 0 bridgehead atoms. The van der Waals surface area contributed by atoms with Crippen LogP contribution in [0.4, 0.5) is 4.79 Å². The summed E-state index contributed by atoms with van der Waals surface area (Å²) in [6.07, 6.45) is 1.07. The molecular weight excluding hydrogens is 156 g/mol. The molecular formula is C5H9O2S2. The molecule has 0 aliphatic carbocycles. The fourth-order valence-electron chi connectivity index (χ4n) is 0.197. The van der Waals surface area contributed by atoms with Crippen LogP contribution in [0.2, 0.25) is 0 Å². The SMILES string of the molecule is [CH2]OC(=O)SSCCC. The predicted molar refractivity (Wildman–Crippen MR) is 42.2 cm³/mol. The van der Waals surface area contributed by atoms with E-state index in [9.17, 15) is 4.79 Å². The highest BCUT2D eigenvalue weighted by Crippen LogP contribution is 2.23. The third-order valence-corrected chi connectivity index (χ3v) is 2.74. The van der Waals surface area contributed by atoms with E-state index in [1.54, 1.807) is 0 Å². The Bertz CT molecular complexity index is 85.0. The van der Waals surface area contributed by atoms with Crippen LogP contribution in [0.3, 0.4) is 0 Å². The average molecular weight is 165 g/mol. The molecule has 0 atom stereocenters. The van der Waals surface area contributed by atoms with Gasteiger partial charge in [-0.2, -0.15) is 0 Å². The summed E-state index contributed by atoms with van der Waals surface area (Å²) in [4.78, 5) is 10.3. The second-order valence-corrected chi connectivity index (χ2v) is 3.65. The quantitative estimate of drug-likeness (QED) is 0.365. The van der Waals surface area contributed by atoms with E-state index >= 15 is 0 Å². The number of rotatable bonds is 3. The van der Waals surface area contributed by atoms with Crippen LogP contribution in [0, 0.1) is 7.11 Å². The minimum absolute atomic E-state index is 0.326. The van der Waals surface area contributed by atoms with Crippen LogP contribution in [0.1, 0.15) is 13.3 Å². The Balaban J connectivity index is 2.97. The summed E-state index contributed by atoms with van der Waals surface area (Å²) in [7, 11) is 5.56. The third kappa shape index (κ3) is 6.05. The van der Waals surface area contributed by atoms with Gasteiger partial charge in [-0.25, -0.2) is 4.79 Å². The number of carbonyl (C=O) groups excluding carboxylic acids is 1. The van der Waals surface area contributed by atoms with E-state index in [0.717, 1.165) is 23.0 Å². The highest BCUT2D eigenvalue weighted by Gasteiger charge is 1.98. The van der Waals surface area contributed by atoms with Gasteiger partial charge in [0.2, 0.25) is 0 Å². The molecule has 0 N–H and O–H groups in total. The molecule has 0 aromatic rings. The van der Waals surface area contributed by atoms with Gasteiger partial charge >= 0.3 is 5.30 Å². The van der Waals surface area contributed by atoms with Gasteiger partial charge in [-0.3, -0.25) is 0 Å². The molecule has 0 saturated carbocycles. The summed E-state index contributed by atoms with van der Waals surface area (Å²) in [5.41, 5.74) is 0. The molecule has 0 amide bonds. The second-order valence-electron chi connectivity index (χ2n) is 1.30. The van der Waals surface area contributed by atoms with Crippen molar-refractivity contribution in [1.29, 1.82) is 0 Å². The zero-order valence-electron chi connectivity index (χ0n) is 5.25. The van der Waals surface area contributed by atoms with Gasteiger partial charge in [0.05, 0.1) is 0 Å². The zero-order valence-corrected chi connectivity index (χ0v) is 6.89. The molecule has 0 saturated heterocycles. The van der Waals surface area contributed by atoms with Crippen molar-refractivity contribution in [3.63, 3.8) is 0 Å². The molecule has 2 nitrogen and oxygen atoms in total. The standard InChI is InChI=1S/C5H9O2S2/c1-3-4-8-9-5(6)7-2/h2-4H2,1H3. The summed E-state index contributed by atoms with van der Waals surface area (Å²) in [5, 5.41) is -0.326. The van der Waals surface area contributed by atoms with Gasteiger partial charge in [-0.15, -0.1) is 0 Å². The molecule has 0 aliphatic rings. The Morgan fingerprint density at radius 1 is 1.78 bits per heavy atom. The molecule has 4 heteroatoms. The van der Waals surface area contributed by atoms with Crippen LogP contribution >= 0.6 is 21.6 Å². The van der Waals surface area contributed by atoms with Crippen molar-refractivity contribution in [1.82, 2.24) is 0 Å². The second kappa shape index (κ2) is 6.29. The van der Waals surface area contributed by atoms with Gasteiger partial charge in [-0.05, 0) is 6.42 Å². The molecule has 0 unspecified atom stereocenters. The molecule has 0 aromatic carbocycles. The summed E-state index contributed by atoms with van der Waals surface area (Å²) in [6, 6.07) is 0. The van der Waals surface area contributed by atoms with Crippen LogP contribution in [0.15, 0.2) is 0 Å². The van der Waals surface area contributed by atoms with Gasteiger partial charge in [0.25, 0.3) is 0 Å². The zero-order chi connectivity index (χ0) is 7.11. The third-order valence-electron chi connectivity index (χ3n) is 0.532. The smallest absolute Gasteiger partial charge is 0.378 e. The van der Waals surface area contributed by atoms with Crippen molar-refractivity contribution in [3.05, 3.63) is 7.11 Å². The Morgan fingerprint density at radius 3 is 2.89 bits per heavy atom. The topological polar surface area (TPSA) is 26.3 Å². The van der Waals surface area contributed by atoms with Crippen molar-refractivity contribution in [2.75, 3.05) is 5.75 Å².